The van der Waals surface area contributed by atoms with Crippen LogP contribution in [0.15, 0.2) is 48.5 Å². The number of rotatable bonds is 8. The number of hydrogen-bond donors (Lipinski definition) is 0. The number of carbonyl (C=O) groups excluding carboxylic acids is 1. The molecule has 1 aromatic heterocycles. The second-order valence-corrected chi connectivity index (χ2v) is 9.87. The van der Waals surface area contributed by atoms with E-state index in [4.69, 9.17) is 43.7 Å². The van der Waals surface area contributed by atoms with Crippen molar-refractivity contribution in [2.45, 2.75) is 12.8 Å². The van der Waals surface area contributed by atoms with Crippen LogP contribution in [0.1, 0.15) is 22.5 Å². The molecule has 3 aromatic rings. The van der Waals surface area contributed by atoms with Gasteiger partial charge in [-0.2, -0.15) is 8.42 Å². The fraction of sp³-hybridized carbons (Fsp3) is 0.227. The van der Waals surface area contributed by atoms with Crippen LogP contribution in [0.2, 0.25) is 15.1 Å². The number of halogens is 3. The maximum atomic E-state index is 12.6. The number of aromatic nitrogens is 1. The second-order valence-electron chi connectivity index (χ2n) is 6.95. The van der Waals surface area contributed by atoms with Crippen molar-refractivity contribution in [1.82, 2.24) is 4.57 Å². The first kappa shape index (κ1) is 24.6. The summed E-state index contributed by atoms with van der Waals surface area (Å²) in [5.74, 6) is -0.525. The Bertz CT molecular complexity index is 1240. The van der Waals surface area contributed by atoms with Crippen molar-refractivity contribution in [3.8, 4) is 16.9 Å². The standard InChI is InChI=1S/C22H20Cl3NO5S/c1-30-22(27)18-13-21(17-10-7-15(24)12-19(17)25)26(16-8-5-14(23)6-9-16)20(18)4-3-11-31-32(2,28)29/h5-10,12-13H,3-4,11H2,1-2H3. The van der Waals surface area contributed by atoms with Crippen molar-refractivity contribution in [1.29, 1.82) is 0 Å². The molecule has 0 saturated heterocycles. The minimum absolute atomic E-state index is 0.0255. The van der Waals surface area contributed by atoms with Crippen molar-refractivity contribution < 1.29 is 22.1 Å². The third-order valence-electron chi connectivity index (χ3n) is 4.66. The average molecular weight is 517 g/mol. The Balaban J connectivity index is 2.18. The van der Waals surface area contributed by atoms with E-state index in [1.54, 1.807) is 36.4 Å². The zero-order chi connectivity index (χ0) is 23.5. The van der Waals surface area contributed by atoms with E-state index in [-0.39, 0.29) is 6.61 Å². The molecule has 0 spiro atoms. The fourth-order valence-corrected chi connectivity index (χ4v) is 4.37. The first-order valence-electron chi connectivity index (χ1n) is 9.49. The van der Waals surface area contributed by atoms with Gasteiger partial charge >= 0.3 is 5.97 Å². The van der Waals surface area contributed by atoms with E-state index in [9.17, 15) is 13.2 Å². The number of benzene rings is 2. The quantitative estimate of drug-likeness (QED) is 0.215. The van der Waals surface area contributed by atoms with Crippen LogP contribution in [0.3, 0.4) is 0 Å². The summed E-state index contributed by atoms with van der Waals surface area (Å²) >= 11 is 18.6. The van der Waals surface area contributed by atoms with Crippen LogP contribution in [-0.2, 0) is 25.5 Å². The Morgan fingerprint density at radius 2 is 1.66 bits per heavy atom. The monoisotopic (exact) mass is 515 g/mol. The molecule has 10 heteroatoms. The summed E-state index contributed by atoms with van der Waals surface area (Å²) in [4.78, 5) is 12.6. The lowest BCUT2D eigenvalue weighted by Gasteiger charge is -2.16. The smallest absolute Gasteiger partial charge is 0.339 e. The second kappa shape index (κ2) is 10.3. The maximum absolute atomic E-state index is 12.6. The predicted molar refractivity (Wildman–Crippen MR) is 127 cm³/mol. The molecule has 1 heterocycles. The molecule has 0 unspecified atom stereocenters. The Morgan fingerprint density at radius 1 is 1.00 bits per heavy atom. The maximum Gasteiger partial charge on any atom is 0.339 e. The van der Waals surface area contributed by atoms with Gasteiger partial charge < -0.3 is 9.30 Å². The van der Waals surface area contributed by atoms with Crippen LogP contribution < -0.4 is 0 Å². The van der Waals surface area contributed by atoms with Gasteiger partial charge in [-0.3, -0.25) is 4.18 Å². The highest BCUT2D eigenvalue weighted by Gasteiger charge is 2.24. The Hall–Kier alpha value is -2.03. The van der Waals surface area contributed by atoms with Gasteiger partial charge in [0.25, 0.3) is 10.1 Å². The van der Waals surface area contributed by atoms with Gasteiger partial charge in [-0.05, 0) is 61.4 Å². The minimum atomic E-state index is -3.57. The predicted octanol–water partition coefficient (Wildman–Crippen LogP) is 5.80. The molecule has 170 valence electrons. The van der Waals surface area contributed by atoms with Gasteiger partial charge in [0.2, 0.25) is 0 Å². The Labute approximate surface area is 201 Å². The van der Waals surface area contributed by atoms with Crippen LogP contribution in [0, 0.1) is 0 Å². The molecule has 6 nitrogen and oxygen atoms in total. The third-order valence-corrected chi connectivity index (χ3v) is 6.05. The van der Waals surface area contributed by atoms with E-state index in [1.165, 1.54) is 7.11 Å². The fourth-order valence-electron chi connectivity index (χ4n) is 3.31. The van der Waals surface area contributed by atoms with E-state index < -0.39 is 16.1 Å². The molecule has 2 aromatic carbocycles. The van der Waals surface area contributed by atoms with Crippen LogP contribution in [0.25, 0.3) is 16.9 Å². The van der Waals surface area contributed by atoms with Crippen molar-refractivity contribution in [2.24, 2.45) is 0 Å². The van der Waals surface area contributed by atoms with Gasteiger partial charge in [0.15, 0.2) is 0 Å². The van der Waals surface area contributed by atoms with Gasteiger partial charge in [-0.25, -0.2) is 4.79 Å². The molecular formula is C22H20Cl3NO5S. The molecular weight excluding hydrogens is 497 g/mol. The molecule has 0 aliphatic heterocycles. The summed E-state index contributed by atoms with van der Waals surface area (Å²) < 4.78 is 34.3. The molecule has 0 fully saturated rings. The molecule has 0 amide bonds. The normalized spacial score (nSPS) is 11.5. The molecule has 0 saturated carbocycles. The van der Waals surface area contributed by atoms with Crippen LogP contribution >= 0.6 is 34.8 Å². The van der Waals surface area contributed by atoms with Crippen molar-refractivity contribution in [2.75, 3.05) is 20.0 Å². The van der Waals surface area contributed by atoms with Crippen LogP contribution in [0.5, 0.6) is 0 Å². The van der Waals surface area contributed by atoms with E-state index in [0.29, 0.717) is 50.4 Å². The molecule has 0 aliphatic carbocycles. The van der Waals surface area contributed by atoms with Crippen molar-refractivity contribution in [3.63, 3.8) is 0 Å². The molecule has 0 radical (unpaired) electrons. The number of hydrogen-bond acceptors (Lipinski definition) is 5. The summed E-state index contributed by atoms with van der Waals surface area (Å²) in [6, 6.07) is 13.9. The lowest BCUT2D eigenvalue weighted by atomic mass is 10.1. The van der Waals surface area contributed by atoms with E-state index in [1.807, 2.05) is 16.7 Å². The van der Waals surface area contributed by atoms with E-state index >= 15 is 0 Å². The number of nitrogens with zero attached hydrogens (tertiary/aromatic N) is 1. The topological polar surface area (TPSA) is 74.6 Å². The van der Waals surface area contributed by atoms with Gasteiger partial charge in [0.05, 0.1) is 36.3 Å². The minimum Gasteiger partial charge on any atom is -0.465 e. The summed E-state index contributed by atoms with van der Waals surface area (Å²) in [6.07, 6.45) is 1.68. The highest BCUT2D eigenvalue weighted by Crippen LogP contribution is 2.36. The van der Waals surface area contributed by atoms with E-state index in [0.717, 1.165) is 11.9 Å². The molecule has 0 N–H and O–H groups in total. The zero-order valence-electron chi connectivity index (χ0n) is 17.3. The lowest BCUT2D eigenvalue weighted by molar-refractivity contribution is 0.0599. The van der Waals surface area contributed by atoms with Crippen molar-refractivity contribution in [3.05, 3.63) is 74.9 Å². The lowest BCUT2D eigenvalue weighted by Crippen LogP contribution is -2.11. The SMILES string of the molecule is COC(=O)c1cc(-c2ccc(Cl)cc2Cl)n(-c2ccc(Cl)cc2)c1CCCOS(C)(=O)=O. The summed E-state index contributed by atoms with van der Waals surface area (Å²) in [6.45, 7) is -0.0255. The van der Waals surface area contributed by atoms with Gasteiger partial charge in [0, 0.05) is 27.0 Å². The summed E-state index contributed by atoms with van der Waals surface area (Å²) in [5, 5.41) is 1.45. The third kappa shape index (κ3) is 5.85. The van der Waals surface area contributed by atoms with Gasteiger partial charge in [-0.1, -0.05) is 34.8 Å². The number of ether oxygens (including phenoxy) is 1. The number of methoxy groups -OCH3 is 1. The first-order valence-corrected chi connectivity index (χ1v) is 12.4. The summed E-state index contributed by atoms with van der Waals surface area (Å²) in [5.41, 5.74) is 3.01. The van der Waals surface area contributed by atoms with Crippen LogP contribution in [0.4, 0.5) is 0 Å². The molecule has 32 heavy (non-hydrogen) atoms. The number of carbonyl (C=O) groups is 1. The Morgan fingerprint density at radius 3 is 2.25 bits per heavy atom. The van der Waals surface area contributed by atoms with Crippen LogP contribution in [-0.4, -0.2) is 38.9 Å². The highest BCUT2D eigenvalue weighted by atomic mass is 35.5. The molecule has 0 aliphatic rings. The summed E-state index contributed by atoms with van der Waals surface area (Å²) in [7, 11) is -2.27. The van der Waals surface area contributed by atoms with Gasteiger partial charge in [-0.15, -0.1) is 0 Å². The average Bonchev–Trinajstić information content (AvgIpc) is 3.09. The highest BCUT2D eigenvalue weighted by molar-refractivity contribution is 7.85. The molecule has 0 atom stereocenters. The largest absolute Gasteiger partial charge is 0.465 e. The first-order chi connectivity index (χ1) is 15.1. The van der Waals surface area contributed by atoms with Gasteiger partial charge in [0.1, 0.15) is 0 Å². The zero-order valence-corrected chi connectivity index (χ0v) is 20.4. The Kier molecular flexibility index (Phi) is 7.90. The molecule has 3 rings (SSSR count). The van der Waals surface area contributed by atoms with E-state index in [2.05, 4.69) is 0 Å². The number of esters is 1. The van der Waals surface area contributed by atoms with Crippen molar-refractivity contribution >= 4 is 50.9 Å². The molecule has 0 bridgehead atoms.